The number of benzene rings is 1. The van der Waals surface area contributed by atoms with Crippen molar-refractivity contribution in [3.8, 4) is 0 Å². The van der Waals surface area contributed by atoms with Gasteiger partial charge in [0, 0.05) is 6.54 Å². The number of rotatable bonds is 3. The van der Waals surface area contributed by atoms with Gasteiger partial charge in [-0.15, -0.1) is 0 Å². The molecular weight excluding hydrogens is 210 g/mol. The molecule has 17 heavy (non-hydrogen) atoms. The predicted molar refractivity (Wildman–Crippen MR) is 72.1 cm³/mol. The minimum atomic E-state index is 0.329. The maximum atomic E-state index is 5.96. The molecule has 0 radical (unpaired) electrons. The van der Waals surface area contributed by atoms with E-state index in [2.05, 4.69) is 48.9 Å². The van der Waals surface area contributed by atoms with Crippen molar-refractivity contribution >= 4 is 5.96 Å². The van der Waals surface area contributed by atoms with Crippen LogP contribution in [-0.4, -0.2) is 23.9 Å². The summed E-state index contributed by atoms with van der Waals surface area (Å²) in [5.74, 6) is 0.692. The first kappa shape index (κ1) is 12.0. The van der Waals surface area contributed by atoms with Crippen molar-refractivity contribution in [3.63, 3.8) is 0 Å². The van der Waals surface area contributed by atoms with E-state index >= 15 is 0 Å². The second kappa shape index (κ2) is 4.78. The van der Waals surface area contributed by atoms with Crippen molar-refractivity contribution < 1.29 is 0 Å². The fourth-order valence-electron chi connectivity index (χ4n) is 2.44. The normalized spacial score (nSPS) is 19.6. The van der Waals surface area contributed by atoms with Gasteiger partial charge in [0.05, 0.1) is 12.6 Å². The quantitative estimate of drug-likeness (QED) is 0.867. The molecule has 3 nitrogen and oxygen atoms in total. The zero-order chi connectivity index (χ0) is 12.4. The maximum absolute atomic E-state index is 5.96. The Morgan fingerprint density at radius 1 is 1.41 bits per heavy atom. The van der Waals surface area contributed by atoms with Crippen LogP contribution in [0.25, 0.3) is 0 Å². The molecule has 2 rings (SSSR count). The number of nitrogens with two attached hydrogens (primary N) is 1. The average Bonchev–Trinajstić information content (AvgIpc) is 2.66. The summed E-state index contributed by atoms with van der Waals surface area (Å²) in [6, 6.07) is 6.80. The van der Waals surface area contributed by atoms with Crippen LogP contribution in [0.4, 0.5) is 0 Å². The Morgan fingerprint density at radius 2 is 2.18 bits per heavy atom. The third kappa shape index (κ3) is 2.14. The summed E-state index contributed by atoms with van der Waals surface area (Å²) in [5, 5.41) is 0. The van der Waals surface area contributed by atoms with E-state index in [1.165, 1.54) is 16.7 Å². The van der Waals surface area contributed by atoms with Gasteiger partial charge < -0.3 is 10.6 Å². The molecule has 2 N–H and O–H groups in total. The lowest BCUT2D eigenvalue weighted by Crippen LogP contribution is -2.36. The lowest BCUT2D eigenvalue weighted by atomic mass is 9.97. The lowest BCUT2D eigenvalue weighted by Gasteiger charge is -2.27. The van der Waals surface area contributed by atoms with Crippen LogP contribution in [0.3, 0.4) is 0 Å². The second-order valence-electron chi connectivity index (χ2n) is 4.70. The first-order chi connectivity index (χ1) is 8.15. The summed E-state index contributed by atoms with van der Waals surface area (Å²) in [5.41, 5.74) is 10.0. The van der Waals surface area contributed by atoms with E-state index in [0.717, 1.165) is 19.5 Å². The third-order valence-electron chi connectivity index (χ3n) is 3.57. The van der Waals surface area contributed by atoms with E-state index in [9.17, 15) is 0 Å². The summed E-state index contributed by atoms with van der Waals surface area (Å²) in [6.07, 6.45) is 1.09. The molecule has 92 valence electrons. The van der Waals surface area contributed by atoms with Gasteiger partial charge in [-0.3, -0.25) is 4.99 Å². The highest BCUT2D eigenvalue weighted by molar-refractivity contribution is 5.80. The Kier molecular flexibility index (Phi) is 3.36. The van der Waals surface area contributed by atoms with Crippen molar-refractivity contribution in [1.82, 2.24) is 4.90 Å². The number of nitrogens with zero attached hydrogens (tertiary/aromatic N) is 2. The van der Waals surface area contributed by atoms with Crippen molar-refractivity contribution in [3.05, 3.63) is 34.9 Å². The Hall–Kier alpha value is -1.51. The third-order valence-corrected chi connectivity index (χ3v) is 3.57. The molecule has 1 unspecified atom stereocenters. The van der Waals surface area contributed by atoms with Gasteiger partial charge in [-0.05, 0) is 37.0 Å². The standard InChI is InChI=1S/C14H21N3/c1-4-8-17-13(9-16-14(17)15)12-7-5-6-10(2)11(12)3/h5-7,13H,4,8-9H2,1-3H3,(H2,15,16). The van der Waals surface area contributed by atoms with Crippen LogP contribution in [-0.2, 0) is 0 Å². The van der Waals surface area contributed by atoms with E-state index < -0.39 is 0 Å². The van der Waals surface area contributed by atoms with Crippen LogP contribution < -0.4 is 5.73 Å². The van der Waals surface area contributed by atoms with E-state index in [0.29, 0.717) is 12.0 Å². The molecule has 0 spiro atoms. The van der Waals surface area contributed by atoms with Crippen molar-refractivity contribution in [2.75, 3.05) is 13.1 Å². The van der Waals surface area contributed by atoms with Gasteiger partial charge in [0.15, 0.2) is 5.96 Å². The molecule has 1 aromatic rings. The summed E-state index contributed by atoms with van der Waals surface area (Å²) in [6.45, 7) is 8.28. The van der Waals surface area contributed by atoms with Gasteiger partial charge in [0.2, 0.25) is 0 Å². The fraction of sp³-hybridized carbons (Fsp3) is 0.500. The molecule has 0 aromatic heterocycles. The molecule has 0 aliphatic carbocycles. The number of guanidine groups is 1. The van der Waals surface area contributed by atoms with Crippen molar-refractivity contribution in [1.29, 1.82) is 0 Å². The molecule has 0 fully saturated rings. The van der Waals surface area contributed by atoms with Crippen LogP contribution in [0.1, 0.15) is 36.1 Å². The first-order valence-electron chi connectivity index (χ1n) is 6.27. The molecule has 1 atom stereocenters. The molecule has 1 aromatic carbocycles. The number of aryl methyl sites for hydroxylation is 1. The Balaban J connectivity index is 2.31. The smallest absolute Gasteiger partial charge is 0.191 e. The van der Waals surface area contributed by atoms with Gasteiger partial charge in [-0.1, -0.05) is 25.1 Å². The van der Waals surface area contributed by atoms with Gasteiger partial charge in [-0.2, -0.15) is 0 Å². The van der Waals surface area contributed by atoms with Crippen LogP contribution in [0, 0.1) is 13.8 Å². The largest absolute Gasteiger partial charge is 0.370 e. The summed E-state index contributed by atoms with van der Waals surface area (Å²) in [7, 11) is 0. The summed E-state index contributed by atoms with van der Waals surface area (Å²) >= 11 is 0. The van der Waals surface area contributed by atoms with Crippen LogP contribution in [0.5, 0.6) is 0 Å². The maximum Gasteiger partial charge on any atom is 0.191 e. The highest BCUT2D eigenvalue weighted by Gasteiger charge is 2.27. The highest BCUT2D eigenvalue weighted by atomic mass is 15.3. The van der Waals surface area contributed by atoms with Gasteiger partial charge >= 0.3 is 0 Å². The fourth-order valence-corrected chi connectivity index (χ4v) is 2.44. The number of hydrogen-bond donors (Lipinski definition) is 1. The molecule has 3 heteroatoms. The minimum absolute atomic E-state index is 0.329. The van der Waals surface area contributed by atoms with E-state index in [1.807, 2.05) is 0 Å². The second-order valence-corrected chi connectivity index (χ2v) is 4.70. The molecule has 1 heterocycles. The molecular formula is C14H21N3. The van der Waals surface area contributed by atoms with Gasteiger partial charge in [0.25, 0.3) is 0 Å². The van der Waals surface area contributed by atoms with Gasteiger partial charge in [-0.25, -0.2) is 0 Å². The Morgan fingerprint density at radius 3 is 2.88 bits per heavy atom. The Bertz CT molecular complexity index is 437. The van der Waals surface area contributed by atoms with E-state index in [4.69, 9.17) is 5.73 Å². The summed E-state index contributed by atoms with van der Waals surface area (Å²) in [4.78, 5) is 6.61. The number of hydrogen-bond acceptors (Lipinski definition) is 3. The number of aliphatic imine (C=N–C) groups is 1. The lowest BCUT2D eigenvalue weighted by molar-refractivity contribution is 0.346. The molecule has 0 saturated heterocycles. The van der Waals surface area contributed by atoms with E-state index in [-0.39, 0.29) is 0 Å². The SMILES string of the molecule is CCCN1C(N)=NCC1c1cccc(C)c1C. The predicted octanol–water partition coefficient (Wildman–Crippen LogP) is 2.38. The zero-order valence-electron chi connectivity index (χ0n) is 10.9. The first-order valence-corrected chi connectivity index (χ1v) is 6.27. The van der Waals surface area contributed by atoms with Crippen LogP contribution in [0.2, 0.25) is 0 Å². The molecule has 0 amide bonds. The molecule has 0 saturated carbocycles. The topological polar surface area (TPSA) is 41.6 Å². The summed E-state index contributed by atoms with van der Waals surface area (Å²) < 4.78 is 0. The zero-order valence-corrected chi connectivity index (χ0v) is 10.9. The van der Waals surface area contributed by atoms with Crippen LogP contribution in [0.15, 0.2) is 23.2 Å². The molecule has 1 aliphatic heterocycles. The van der Waals surface area contributed by atoms with Crippen LogP contribution >= 0.6 is 0 Å². The average molecular weight is 231 g/mol. The molecule has 1 aliphatic rings. The van der Waals surface area contributed by atoms with Crippen molar-refractivity contribution in [2.45, 2.75) is 33.2 Å². The molecule has 0 bridgehead atoms. The highest BCUT2D eigenvalue weighted by Crippen LogP contribution is 2.29. The Labute approximate surface area is 103 Å². The van der Waals surface area contributed by atoms with Crippen molar-refractivity contribution in [2.24, 2.45) is 10.7 Å². The van der Waals surface area contributed by atoms with Gasteiger partial charge in [0.1, 0.15) is 0 Å². The van der Waals surface area contributed by atoms with E-state index in [1.54, 1.807) is 0 Å². The minimum Gasteiger partial charge on any atom is -0.370 e. The monoisotopic (exact) mass is 231 g/mol.